The van der Waals surface area contributed by atoms with E-state index < -0.39 is 0 Å². The van der Waals surface area contributed by atoms with Gasteiger partial charge in [-0.15, -0.1) is 0 Å². The van der Waals surface area contributed by atoms with Crippen molar-refractivity contribution in [1.29, 1.82) is 0 Å². The highest BCUT2D eigenvalue weighted by Gasteiger charge is 2.38. The smallest absolute Gasteiger partial charge is 0.0235 e. The van der Waals surface area contributed by atoms with Gasteiger partial charge in [-0.1, -0.05) is 26.2 Å². The van der Waals surface area contributed by atoms with Crippen LogP contribution in [0.25, 0.3) is 0 Å². The average molecular weight is 293 g/mol. The molecular formula is C18H35N3. The SMILES string of the molecule is CC1CCCC(CN)(CN2CCC(N3CCCCC3)C2)C1. The Morgan fingerprint density at radius 2 is 1.86 bits per heavy atom. The molecule has 3 heteroatoms. The summed E-state index contributed by atoms with van der Waals surface area (Å²) < 4.78 is 0. The van der Waals surface area contributed by atoms with Crippen LogP contribution in [-0.4, -0.2) is 55.1 Å². The van der Waals surface area contributed by atoms with Crippen molar-refractivity contribution in [1.82, 2.24) is 9.80 Å². The van der Waals surface area contributed by atoms with Crippen LogP contribution in [0.2, 0.25) is 0 Å². The van der Waals surface area contributed by atoms with Crippen molar-refractivity contribution in [2.75, 3.05) is 39.3 Å². The summed E-state index contributed by atoms with van der Waals surface area (Å²) in [5, 5.41) is 0. The van der Waals surface area contributed by atoms with Crippen molar-refractivity contribution in [2.24, 2.45) is 17.1 Å². The Balaban J connectivity index is 1.53. The Hall–Kier alpha value is -0.120. The van der Waals surface area contributed by atoms with Gasteiger partial charge < -0.3 is 10.6 Å². The highest BCUT2D eigenvalue weighted by molar-refractivity contribution is 4.92. The third kappa shape index (κ3) is 3.80. The minimum atomic E-state index is 0.425. The van der Waals surface area contributed by atoms with Gasteiger partial charge in [0.15, 0.2) is 0 Å². The average Bonchev–Trinajstić information content (AvgIpc) is 2.96. The Morgan fingerprint density at radius 1 is 1.05 bits per heavy atom. The Bertz CT molecular complexity index is 326. The van der Waals surface area contributed by atoms with E-state index in [9.17, 15) is 0 Å². The molecule has 3 aliphatic rings. The Labute approximate surface area is 131 Å². The summed E-state index contributed by atoms with van der Waals surface area (Å²) in [6.07, 6.45) is 11.2. The molecule has 21 heavy (non-hydrogen) atoms. The molecule has 2 aliphatic heterocycles. The number of likely N-dealkylation sites (tertiary alicyclic amines) is 2. The number of piperidine rings is 1. The van der Waals surface area contributed by atoms with E-state index in [4.69, 9.17) is 5.73 Å². The molecule has 1 saturated carbocycles. The first kappa shape index (κ1) is 15.8. The van der Waals surface area contributed by atoms with Gasteiger partial charge in [0.05, 0.1) is 0 Å². The second-order valence-electron chi connectivity index (χ2n) is 8.18. The van der Waals surface area contributed by atoms with Crippen molar-refractivity contribution in [3.8, 4) is 0 Å². The fourth-order valence-corrected chi connectivity index (χ4v) is 5.17. The third-order valence-electron chi connectivity index (χ3n) is 6.33. The number of rotatable bonds is 4. The van der Waals surface area contributed by atoms with Gasteiger partial charge in [0.2, 0.25) is 0 Å². The second-order valence-corrected chi connectivity index (χ2v) is 8.18. The molecule has 0 bridgehead atoms. The van der Waals surface area contributed by atoms with E-state index in [1.54, 1.807) is 0 Å². The van der Waals surface area contributed by atoms with Gasteiger partial charge in [0.25, 0.3) is 0 Å². The minimum absolute atomic E-state index is 0.425. The normalized spacial score (nSPS) is 39.7. The van der Waals surface area contributed by atoms with E-state index in [1.165, 1.54) is 84.1 Å². The van der Waals surface area contributed by atoms with E-state index in [0.29, 0.717) is 5.41 Å². The topological polar surface area (TPSA) is 32.5 Å². The lowest BCUT2D eigenvalue weighted by atomic mass is 9.70. The molecule has 0 spiro atoms. The highest BCUT2D eigenvalue weighted by atomic mass is 15.3. The van der Waals surface area contributed by atoms with Crippen LogP contribution in [0.4, 0.5) is 0 Å². The number of hydrogen-bond donors (Lipinski definition) is 1. The minimum Gasteiger partial charge on any atom is -0.330 e. The molecule has 2 heterocycles. The van der Waals surface area contributed by atoms with Gasteiger partial charge in [-0.05, 0) is 69.6 Å². The molecule has 3 fully saturated rings. The molecule has 0 aromatic carbocycles. The quantitative estimate of drug-likeness (QED) is 0.865. The summed E-state index contributed by atoms with van der Waals surface area (Å²) in [7, 11) is 0. The van der Waals surface area contributed by atoms with Crippen LogP contribution in [0.1, 0.15) is 58.3 Å². The van der Waals surface area contributed by atoms with Gasteiger partial charge in [-0.3, -0.25) is 4.90 Å². The first-order chi connectivity index (χ1) is 10.2. The van der Waals surface area contributed by atoms with Crippen LogP contribution in [0.5, 0.6) is 0 Å². The molecule has 3 rings (SSSR count). The van der Waals surface area contributed by atoms with Crippen molar-refractivity contribution in [3.05, 3.63) is 0 Å². The Morgan fingerprint density at radius 3 is 2.57 bits per heavy atom. The number of nitrogens with two attached hydrogens (primary N) is 1. The maximum absolute atomic E-state index is 6.22. The molecule has 0 aromatic heterocycles. The second kappa shape index (κ2) is 6.97. The van der Waals surface area contributed by atoms with Crippen molar-refractivity contribution < 1.29 is 0 Å². The predicted molar refractivity (Wildman–Crippen MR) is 89.4 cm³/mol. The van der Waals surface area contributed by atoms with Crippen LogP contribution in [0, 0.1) is 11.3 Å². The summed E-state index contributed by atoms with van der Waals surface area (Å²) in [4.78, 5) is 5.51. The molecule has 2 N–H and O–H groups in total. The van der Waals surface area contributed by atoms with Crippen LogP contribution >= 0.6 is 0 Å². The van der Waals surface area contributed by atoms with Gasteiger partial charge in [-0.25, -0.2) is 0 Å². The zero-order chi connectivity index (χ0) is 14.7. The lowest BCUT2D eigenvalue weighted by Crippen LogP contribution is -2.46. The zero-order valence-electron chi connectivity index (χ0n) is 14.0. The lowest BCUT2D eigenvalue weighted by molar-refractivity contribution is 0.0922. The first-order valence-corrected chi connectivity index (χ1v) is 9.37. The largest absolute Gasteiger partial charge is 0.330 e. The van der Waals surface area contributed by atoms with E-state index in [-0.39, 0.29) is 0 Å². The van der Waals surface area contributed by atoms with Crippen LogP contribution in [-0.2, 0) is 0 Å². The van der Waals surface area contributed by atoms with Crippen molar-refractivity contribution >= 4 is 0 Å². The standard InChI is InChI=1S/C18H35N3/c1-16-6-5-8-18(12-16,14-19)15-20-11-7-17(13-20)21-9-3-2-4-10-21/h16-17H,2-15,19H2,1H3. The van der Waals surface area contributed by atoms with Gasteiger partial charge in [0.1, 0.15) is 0 Å². The van der Waals surface area contributed by atoms with Gasteiger partial charge in [0, 0.05) is 19.1 Å². The molecule has 1 aliphatic carbocycles. The lowest BCUT2D eigenvalue weighted by Gasteiger charge is -2.42. The van der Waals surface area contributed by atoms with E-state index in [0.717, 1.165) is 18.5 Å². The summed E-state index contributed by atoms with van der Waals surface area (Å²) >= 11 is 0. The fraction of sp³-hybridized carbons (Fsp3) is 1.00. The van der Waals surface area contributed by atoms with E-state index in [1.807, 2.05) is 0 Å². The summed E-state index contributed by atoms with van der Waals surface area (Å²) in [5.41, 5.74) is 6.64. The van der Waals surface area contributed by atoms with Gasteiger partial charge >= 0.3 is 0 Å². The summed E-state index contributed by atoms with van der Waals surface area (Å²) in [6, 6.07) is 0.834. The molecule has 3 atom stereocenters. The summed E-state index contributed by atoms with van der Waals surface area (Å²) in [5.74, 6) is 0.878. The molecule has 3 unspecified atom stereocenters. The van der Waals surface area contributed by atoms with Gasteiger partial charge in [-0.2, -0.15) is 0 Å². The maximum atomic E-state index is 6.22. The zero-order valence-corrected chi connectivity index (χ0v) is 14.0. The van der Waals surface area contributed by atoms with E-state index in [2.05, 4.69) is 16.7 Å². The molecule has 0 radical (unpaired) electrons. The van der Waals surface area contributed by atoms with Crippen molar-refractivity contribution in [3.63, 3.8) is 0 Å². The van der Waals surface area contributed by atoms with Crippen LogP contribution < -0.4 is 5.73 Å². The number of nitrogens with zero attached hydrogens (tertiary/aromatic N) is 2. The maximum Gasteiger partial charge on any atom is 0.0235 e. The van der Waals surface area contributed by atoms with Crippen LogP contribution in [0.15, 0.2) is 0 Å². The fourth-order valence-electron chi connectivity index (χ4n) is 5.17. The highest BCUT2D eigenvalue weighted by Crippen LogP contribution is 2.40. The molecule has 122 valence electrons. The van der Waals surface area contributed by atoms with E-state index >= 15 is 0 Å². The third-order valence-corrected chi connectivity index (χ3v) is 6.33. The monoisotopic (exact) mass is 293 g/mol. The Kier molecular flexibility index (Phi) is 5.23. The van der Waals surface area contributed by atoms with Crippen LogP contribution in [0.3, 0.4) is 0 Å². The van der Waals surface area contributed by atoms with Crippen molar-refractivity contribution in [2.45, 2.75) is 64.3 Å². The molecular weight excluding hydrogens is 258 g/mol. The first-order valence-electron chi connectivity index (χ1n) is 9.37. The predicted octanol–water partition coefficient (Wildman–Crippen LogP) is 2.70. The molecule has 2 saturated heterocycles. The molecule has 0 amide bonds. The number of hydrogen-bond acceptors (Lipinski definition) is 3. The molecule has 3 nitrogen and oxygen atoms in total. The summed E-state index contributed by atoms with van der Waals surface area (Å²) in [6.45, 7) is 9.87. The molecule has 0 aromatic rings.